The Labute approximate surface area is 160 Å². The predicted octanol–water partition coefficient (Wildman–Crippen LogP) is 0.417. The van der Waals surface area contributed by atoms with E-state index in [9.17, 15) is 4.79 Å². The number of aliphatic imine (C=N–C) groups is 1. The van der Waals surface area contributed by atoms with Gasteiger partial charge in [0.1, 0.15) is 12.4 Å². The standard InChI is InChI=1S/C15H27N7O.HI/c1-5-12-19-13-8-7-11(10-22(13)20-12)18-15(16-6-2)17-9-14(23)21(3)4;/h11H,5-10H2,1-4H3,(H2,16,17,18);1H. The van der Waals surface area contributed by atoms with Crippen LogP contribution < -0.4 is 10.6 Å². The van der Waals surface area contributed by atoms with Gasteiger partial charge in [-0.1, -0.05) is 6.92 Å². The van der Waals surface area contributed by atoms with Gasteiger partial charge in [-0.3, -0.25) is 4.79 Å². The van der Waals surface area contributed by atoms with E-state index >= 15 is 0 Å². The van der Waals surface area contributed by atoms with Crippen molar-refractivity contribution in [2.75, 3.05) is 27.2 Å². The van der Waals surface area contributed by atoms with E-state index in [0.717, 1.165) is 44.0 Å². The van der Waals surface area contributed by atoms with Gasteiger partial charge < -0.3 is 15.5 Å². The van der Waals surface area contributed by atoms with Crippen molar-refractivity contribution in [3.8, 4) is 0 Å². The van der Waals surface area contributed by atoms with E-state index in [1.807, 2.05) is 11.6 Å². The third kappa shape index (κ3) is 5.60. The number of hydrogen-bond donors (Lipinski definition) is 2. The summed E-state index contributed by atoms with van der Waals surface area (Å²) in [5.74, 6) is 2.62. The molecule has 8 nitrogen and oxygen atoms in total. The number of likely N-dealkylation sites (N-methyl/N-ethyl adjacent to an activating group) is 1. The van der Waals surface area contributed by atoms with Crippen LogP contribution in [0.2, 0.25) is 0 Å². The van der Waals surface area contributed by atoms with Gasteiger partial charge in [-0.25, -0.2) is 14.7 Å². The summed E-state index contributed by atoms with van der Waals surface area (Å²) in [6.45, 7) is 5.74. The number of aromatic nitrogens is 3. The third-order valence-electron chi connectivity index (χ3n) is 3.77. The average Bonchev–Trinajstić information content (AvgIpc) is 2.94. The van der Waals surface area contributed by atoms with Crippen LogP contribution >= 0.6 is 24.0 Å². The summed E-state index contributed by atoms with van der Waals surface area (Å²) in [6, 6.07) is 0.237. The van der Waals surface area contributed by atoms with E-state index in [1.54, 1.807) is 19.0 Å². The highest BCUT2D eigenvalue weighted by Crippen LogP contribution is 2.13. The van der Waals surface area contributed by atoms with Crippen molar-refractivity contribution >= 4 is 35.8 Å². The molecule has 2 N–H and O–H groups in total. The highest BCUT2D eigenvalue weighted by molar-refractivity contribution is 14.0. The summed E-state index contributed by atoms with van der Waals surface area (Å²) in [5.41, 5.74) is 0. The third-order valence-corrected chi connectivity index (χ3v) is 3.77. The molecule has 2 heterocycles. The van der Waals surface area contributed by atoms with Crippen LogP contribution in [0.3, 0.4) is 0 Å². The Bertz CT molecular complexity index is 570. The van der Waals surface area contributed by atoms with Gasteiger partial charge in [0.15, 0.2) is 11.8 Å². The van der Waals surface area contributed by atoms with Gasteiger partial charge >= 0.3 is 0 Å². The van der Waals surface area contributed by atoms with Crippen LogP contribution in [0.4, 0.5) is 0 Å². The first kappa shape index (κ1) is 20.7. The van der Waals surface area contributed by atoms with Crippen molar-refractivity contribution < 1.29 is 4.79 Å². The lowest BCUT2D eigenvalue weighted by molar-refractivity contribution is -0.127. The number of nitrogens with one attached hydrogen (secondary N) is 2. The fourth-order valence-electron chi connectivity index (χ4n) is 2.43. The van der Waals surface area contributed by atoms with Gasteiger partial charge in [-0.2, -0.15) is 5.10 Å². The Morgan fingerprint density at radius 1 is 1.42 bits per heavy atom. The lowest BCUT2D eigenvalue weighted by Crippen LogP contribution is -2.47. The van der Waals surface area contributed by atoms with Crippen molar-refractivity contribution in [3.63, 3.8) is 0 Å². The van der Waals surface area contributed by atoms with Gasteiger partial charge in [0.05, 0.1) is 6.54 Å². The minimum Gasteiger partial charge on any atom is -0.357 e. The predicted molar refractivity (Wildman–Crippen MR) is 105 cm³/mol. The fourth-order valence-corrected chi connectivity index (χ4v) is 2.43. The molecule has 1 aromatic heterocycles. The van der Waals surface area contributed by atoms with Crippen LogP contribution in [-0.2, 0) is 24.2 Å². The number of carbonyl (C=O) groups excluding carboxylic acids is 1. The monoisotopic (exact) mass is 449 g/mol. The molecule has 0 radical (unpaired) electrons. The summed E-state index contributed by atoms with van der Waals surface area (Å²) in [7, 11) is 3.47. The maximum absolute atomic E-state index is 11.7. The number of guanidine groups is 1. The van der Waals surface area contributed by atoms with Crippen LogP contribution in [0.25, 0.3) is 0 Å². The van der Waals surface area contributed by atoms with Crippen molar-refractivity contribution in [3.05, 3.63) is 11.6 Å². The van der Waals surface area contributed by atoms with Crippen LogP contribution in [0.1, 0.15) is 31.9 Å². The smallest absolute Gasteiger partial charge is 0.243 e. The number of nitrogens with zero attached hydrogens (tertiary/aromatic N) is 5. The molecule has 24 heavy (non-hydrogen) atoms. The molecule has 0 fully saturated rings. The minimum atomic E-state index is -0.0167. The zero-order valence-corrected chi connectivity index (χ0v) is 17.2. The lowest BCUT2D eigenvalue weighted by Gasteiger charge is -2.25. The zero-order chi connectivity index (χ0) is 16.8. The Hall–Kier alpha value is -1.39. The van der Waals surface area contributed by atoms with E-state index in [4.69, 9.17) is 0 Å². The lowest BCUT2D eigenvalue weighted by atomic mass is 10.1. The molecule has 0 saturated heterocycles. The number of hydrogen-bond acceptors (Lipinski definition) is 4. The molecule has 2 rings (SSSR count). The normalized spacial score (nSPS) is 16.8. The van der Waals surface area contributed by atoms with E-state index < -0.39 is 0 Å². The van der Waals surface area contributed by atoms with Gasteiger partial charge in [0.25, 0.3) is 0 Å². The molecule has 1 aromatic rings. The summed E-state index contributed by atoms with van der Waals surface area (Å²) >= 11 is 0. The Morgan fingerprint density at radius 2 is 2.17 bits per heavy atom. The second-order valence-electron chi connectivity index (χ2n) is 5.84. The molecular formula is C15H28IN7O. The molecule has 0 saturated carbocycles. The molecule has 9 heteroatoms. The number of aryl methyl sites for hydroxylation is 2. The van der Waals surface area contributed by atoms with Crippen LogP contribution in [-0.4, -0.2) is 64.8 Å². The molecule has 0 spiro atoms. The van der Waals surface area contributed by atoms with Crippen molar-refractivity contribution in [2.45, 2.75) is 45.7 Å². The molecule has 0 bridgehead atoms. The quantitative estimate of drug-likeness (QED) is 0.387. The molecule has 0 aromatic carbocycles. The van der Waals surface area contributed by atoms with E-state index in [0.29, 0.717) is 5.96 Å². The summed E-state index contributed by atoms with van der Waals surface area (Å²) in [6.07, 6.45) is 2.74. The zero-order valence-electron chi connectivity index (χ0n) is 14.9. The van der Waals surface area contributed by atoms with Gasteiger partial charge in [0, 0.05) is 39.5 Å². The molecule has 1 unspecified atom stereocenters. The highest BCUT2D eigenvalue weighted by atomic mass is 127. The van der Waals surface area contributed by atoms with Crippen LogP contribution in [0, 0.1) is 0 Å². The molecule has 1 aliphatic heterocycles. The first-order chi connectivity index (χ1) is 11.0. The number of carbonyl (C=O) groups is 1. The molecule has 136 valence electrons. The average molecular weight is 449 g/mol. The van der Waals surface area contributed by atoms with Crippen molar-refractivity contribution in [1.82, 2.24) is 30.3 Å². The summed E-state index contributed by atoms with van der Waals surface area (Å²) in [4.78, 5) is 22.1. The largest absolute Gasteiger partial charge is 0.357 e. The maximum Gasteiger partial charge on any atom is 0.243 e. The molecule has 1 aliphatic rings. The Kier molecular flexibility index (Phi) is 8.43. The van der Waals surface area contributed by atoms with Crippen LogP contribution in [0.15, 0.2) is 4.99 Å². The summed E-state index contributed by atoms with van der Waals surface area (Å²) in [5, 5.41) is 11.1. The summed E-state index contributed by atoms with van der Waals surface area (Å²) < 4.78 is 1.98. The second-order valence-corrected chi connectivity index (χ2v) is 5.84. The van der Waals surface area contributed by atoms with Crippen molar-refractivity contribution in [1.29, 1.82) is 0 Å². The minimum absolute atomic E-state index is 0. The van der Waals surface area contributed by atoms with E-state index in [1.165, 1.54) is 0 Å². The van der Waals surface area contributed by atoms with E-state index in [-0.39, 0.29) is 42.5 Å². The second kappa shape index (κ2) is 9.80. The topological polar surface area (TPSA) is 87.4 Å². The van der Waals surface area contributed by atoms with Gasteiger partial charge in [0.2, 0.25) is 5.91 Å². The fraction of sp³-hybridized carbons (Fsp3) is 0.733. The van der Waals surface area contributed by atoms with E-state index in [2.05, 4.69) is 32.6 Å². The first-order valence-electron chi connectivity index (χ1n) is 8.21. The number of amides is 1. The SMILES string of the molecule is CCNC(=NCC(=O)N(C)C)NC1CCc2nc(CC)nn2C1.I. The van der Waals surface area contributed by atoms with Gasteiger partial charge in [-0.15, -0.1) is 24.0 Å². The molecule has 0 aliphatic carbocycles. The number of rotatable bonds is 5. The molecule has 1 amide bonds. The van der Waals surface area contributed by atoms with Gasteiger partial charge in [-0.05, 0) is 13.3 Å². The molecular weight excluding hydrogens is 421 g/mol. The Morgan fingerprint density at radius 3 is 2.79 bits per heavy atom. The maximum atomic E-state index is 11.7. The number of fused-ring (bicyclic) bond motifs is 1. The number of halogens is 1. The first-order valence-corrected chi connectivity index (χ1v) is 8.21. The highest BCUT2D eigenvalue weighted by Gasteiger charge is 2.22. The Balaban J connectivity index is 0.00000288. The van der Waals surface area contributed by atoms with Crippen molar-refractivity contribution in [2.24, 2.45) is 4.99 Å². The van der Waals surface area contributed by atoms with Crippen LogP contribution in [0.5, 0.6) is 0 Å². The molecule has 1 atom stereocenters.